The molecule has 0 aromatic heterocycles. The molecule has 0 amide bonds. The van der Waals surface area contributed by atoms with E-state index in [1.165, 1.54) is 70.9 Å². The van der Waals surface area contributed by atoms with E-state index in [4.69, 9.17) is 5.73 Å². The van der Waals surface area contributed by atoms with Gasteiger partial charge in [0.25, 0.3) is 0 Å². The lowest BCUT2D eigenvalue weighted by Crippen LogP contribution is -2.44. The van der Waals surface area contributed by atoms with Crippen molar-refractivity contribution in [1.29, 1.82) is 0 Å². The quantitative estimate of drug-likeness (QED) is 0.797. The second-order valence-electron chi connectivity index (χ2n) is 6.41. The first-order chi connectivity index (χ1) is 8.24. The Labute approximate surface area is 107 Å². The molecular formula is C15H30N2. The van der Waals surface area contributed by atoms with Crippen LogP contribution in [-0.4, -0.2) is 30.6 Å². The van der Waals surface area contributed by atoms with E-state index in [-0.39, 0.29) is 0 Å². The summed E-state index contributed by atoms with van der Waals surface area (Å²) in [5, 5.41) is 0. The van der Waals surface area contributed by atoms with Crippen LogP contribution in [0.25, 0.3) is 0 Å². The zero-order chi connectivity index (χ0) is 12.1. The molecule has 0 radical (unpaired) electrons. The summed E-state index contributed by atoms with van der Waals surface area (Å²) < 4.78 is 0. The SMILES string of the molecule is CCCCC(N)CN1CCC2(CCCC2)CC1. The smallest absolute Gasteiger partial charge is 0.0167 e. The molecule has 1 atom stereocenters. The van der Waals surface area contributed by atoms with E-state index >= 15 is 0 Å². The standard InChI is InChI=1S/C15H30N2/c1-2-3-6-14(16)13-17-11-9-15(10-12-17)7-4-5-8-15/h14H,2-13,16H2,1H3. The third kappa shape index (κ3) is 3.69. The topological polar surface area (TPSA) is 29.3 Å². The Hall–Kier alpha value is -0.0800. The van der Waals surface area contributed by atoms with Crippen molar-refractivity contribution in [3.8, 4) is 0 Å². The molecule has 1 saturated heterocycles. The van der Waals surface area contributed by atoms with Gasteiger partial charge in [0, 0.05) is 12.6 Å². The second kappa shape index (κ2) is 6.19. The highest BCUT2D eigenvalue weighted by Gasteiger charge is 2.36. The highest BCUT2D eigenvalue weighted by Crippen LogP contribution is 2.46. The van der Waals surface area contributed by atoms with E-state index < -0.39 is 0 Å². The van der Waals surface area contributed by atoms with E-state index in [1.807, 2.05) is 0 Å². The molecule has 2 aliphatic rings. The third-order valence-electron chi connectivity index (χ3n) is 5.00. The van der Waals surface area contributed by atoms with Crippen LogP contribution in [0.3, 0.4) is 0 Å². The molecule has 1 aliphatic heterocycles. The van der Waals surface area contributed by atoms with Gasteiger partial charge in [-0.25, -0.2) is 0 Å². The molecule has 2 N–H and O–H groups in total. The Kier molecular flexibility index (Phi) is 4.87. The molecule has 100 valence electrons. The Bertz CT molecular complexity index is 211. The number of hydrogen-bond acceptors (Lipinski definition) is 2. The zero-order valence-electron chi connectivity index (χ0n) is 11.6. The van der Waals surface area contributed by atoms with Crippen LogP contribution in [0, 0.1) is 5.41 Å². The lowest BCUT2D eigenvalue weighted by atomic mass is 9.77. The fourth-order valence-corrected chi connectivity index (χ4v) is 3.72. The lowest BCUT2D eigenvalue weighted by molar-refractivity contribution is 0.103. The monoisotopic (exact) mass is 238 g/mol. The summed E-state index contributed by atoms with van der Waals surface area (Å²) in [6.45, 7) is 5.99. The molecule has 1 saturated carbocycles. The van der Waals surface area contributed by atoms with Crippen LogP contribution < -0.4 is 5.73 Å². The van der Waals surface area contributed by atoms with E-state index in [1.54, 1.807) is 0 Å². The van der Waals surface area contributed by atoms with E-state index in [9.17, 15) is 0 Å². The Balaban J connectivity index is 1.68. The highest BCUT2D eigenvalue weighted by molar-refractivity contribution is 4.90. The minimum Gasteiger partial charge on any atom is -0.327 e. The van der Waals surface area contributed by atoms with Crippen LogP contribution in [0.15, 0.2) is 0 Å². The van der Waals surface area contributed by atoms with E-state index in [0.29, 0.717) is 6.04 Å². The van der Waals surface area contributed by atoms with Crippen LogP contribution in [-0.2, 0) is 0 Å². The van der Waals surface area contributed by atoms with E-state index in [2.05, 4.69) is 11.8 Å². The maximum Gasteiger partial charge on any atom is 0.0167 e. The first-order valence-corrected chi connectivity index (χ1v) is 7.72. The second-order valence-corrected chi connectivity index (χ2v) is 6.41. The molecule has 1 spiro atoms. The van der Waals surface area contributed by atoms with Gasteiger partial charge >= 0.3 is 0 Å². The number of hydrogen-bond donors (Lipinski definition) is 1. The molecule has 17 heavy (non-hydrogen) atoms. The average Bonchev–Trinajstić information content (AvgIpc) is 2.79. The number of rotatable bonds is 5. The number of nitrogens with two attached hydrogens (primary N) is 1. The number of likely N-dealkylation sites (tertiary alicyclic amines) is 1. The van der Waals surface area contributed by atoms with Crippen molar-refractivity contribution in [2.24, 2.45) is 11.1 Å². The Morgan fingerprint density at radius 1 is 1.12 bits per heavy atom. The van der Waals surface area contributed by atoms with Crippen molar-refractivity contribution in [2.45, 2.75) is 70.8 Å². The lowest BCUT2D eigenvalue weighted by Gasteiger charge is -2.40. The van der Waals surface area contributed by atoms with Crippen LogP contribution in [0.5, 0.6) is 0 Å². The van der Waals surface area contributed by atoms with Gasteiger partial charge in [-0.3, -0.25) is 0 Å². The predicted molar refractivity (Wildman–Crippen MR) is 74.1 cm³/mol. The van der Waals surface area contributed by atoms with Crippen LogP contribution in [0.1, 0.15) is 64.7 Å². The van der Waals surface area contributed by atoms with Gasteiger partial charge in [0.1, 0.15) is 0 Å². The van der Waals surface area contributed by atoms with Gasteiger partial charge in [-0.05, 0) is 50.6 Å². The van der Waals surface area contributed by atoms with Gasteiger partial charge in [-0.1, -0.05) is 32.6 Å². The zero-order valence-corrected chi connectivity index (χ0v) is 11.6. The first-order valence-electron chi connectivity index (χ1n) is 7.72. The summed E-state index contributed by atoms with van der Waals surface area (Å²) in [6.07, 6.45) is 12.6. The molecule has 0 aromatic rings. The largest absolute Gasteiger partial charge is 0.327 e. The van der Waals surface area contributed by atoms with Gasteiger partial charge in [0.15, 0.2) is 0 Å². The number of unbranched alkanes of at least 4 members (excludes halogenated alkanes) is 1. The van der Waals surface area contributed by atoms with Gasteiger partial charge in [0.05, 0.1) is 0 Å². The molecule has 2 nitrogen and oxygen atoms in total. The summed E-state index contributed by atoms with van der Waals surface area (Å²) in [4.78, 5) is 2.61. The van der Waals surface area contributed by atoms with Crippen molar-refractivity contribution in [3.05, 3.63) is 0 Å². The summed E-state index contributed by atoms with van der Waals surface area (Å²) in [7, 11) is 0. The van der Waals surface area contributed by atoms with E-state index in [0.717, 1.165) is 12.0 Å². The molecule has 2 heteroatoms. The Morgan fingerprint density at radius 2 is 1.76 bits per heavy atom. The average molecular weight is 238 g/mol. The summed E-state index contributed by atoms with van der Waals surface area (Å²) in [5.74, 6) is 0. The van der Waals surface area contributed by atoms with Crippen molar-refractivity contribution in [3.63, 3.8) is 0 Å². The first kappa shape index (κ1) is 13.4. The molecule has 1 unspecified atom stereocenters. The summed E-state index contributed by atoms with van der Waals surface area (Å²) >= 11 is 0. The minimum absolute atomic E-state index is 0.410. The number of nitrogens with zero attached hydrogens (tertiary/aromatic N) is 1. The molecular weight excluding hydrogens is 208 g/mol. The molecule has 0 bridgehead atoms. The minimum atomic E-state index is 0.410. The van der Waals surface area contributed by atoms with Crippen molar-refractivity contribution in [2.75, 3.05) is 19.6 Å². The molecule has 0 aromatic carbocycles. The fraction of sp³-hybridized carbons (Fsp3) is 1.00. The van der Waals surface area contributed by atoms with Gasteiger partial charge < -0.3 is 10.6 Å². The molecule has 2 rings (SSSR count). The van der Waals surface area contributed by atoms with Gasteiger partial charge in [-0.15, -0.1) is 0 Å². The van der Waals surface area contributed by atoms with Crippen molar-refractivity contribution in [1.82, 2.24) is 4.90 Å². The summed E-state index contributed by atoms with van der Waals surface area (Å²) in [6, 6.07) is 0.410. The maximum atomic E-state index is 6.19. The van der Waals surface area contributed by atoms with Crippen molar-refractivity contribution >= 4 is 0 Å². The van der Waals surface area contributed by atoms with Crippen LogP contribution in [0.2, 0.25) is 0 Å². The van der Waals surface area contributed by atoms with Crippen molar-refractivity contribution < 1.29 is 0 Å². The Morgan fingerprint density at radius 3 is 2.35 bits per heavy atom. The summed E-state index contributed by atoms with van der Waals surface area (Å²) in [5.41, 5.74) is 6.95. The third-order valence-corrected chi connectivity index (χ3v) is 5.00. The highest BCUT2D eigenvalue weighted by atomic mass is 15.1. The maximum absolute atomic E-state index is 6.19. The van der Waals surface area contributed by atoms with Gasteiger partial charge in [-0.2, -0.15) is 0 Å². The van der Waals surface area contributed by atoms with Crippen LogP contribution >= 0.6 is 0 Å². The predicted octanol–water partition coefficient (Wildman–Crippen LogP) is 3.16. The fourth-order valence-electron chi connectivity index (χ4n) is 3.72. The molecule has 1 heterocycles. The normalized spacial score (nSPS) is 26.5. The van der Waals surface area contributed by atoms with Crippen LogP contribution in [0.4, 0.5) is 0 Å². The number of piperidine rings is 1. The van der Waals surface area contributed by atoms with Gasteiger partial charge in [0.2, 0.25) is 0 Å². The molecule has 1 aliphatic carbocycles. The molecule has 2 fully saturated rings.